The first-order chi connectivity index (χ1) is 9.65. The van der Waals surface area contributed by atoms with Gasteiger partial charge in [-0.2, -0.15) is 0 Å². The fourth-order valence-electron chi connectivity index (χ4n) is 1.67. The van der Waals surface area contributed by atoms with E-state index in [0.29, 0.717) is 12.2 Å². The second-order valence-corrected chi connectivity index (χ2v) is 5.50. The number of halogens is 1. The zero-order valence-electron chi connectivity index (χ0n) is 10.6. The van der Waals surface area contributed by atoms with Crippen LogP contribution in [0.15, 0.2) is 54.6 Å². The molecular formula is C15H14INO3. The van der Waals surface area contributed by atoms with Gasteiger partial charge in [-0.15, -0.1) is 5.48 Å². The van der Waals surface area contributed by atoms with E-state index in [2.05, 4.69) is 28.1 Å². The second-order valence-electron chi connectivity index (χ2n) is 4.25. The van der Waals surface area contributed by atoms with E-state index >= 15 is 0 Å². The van der Waals surface area contributed by atoms with Crippen LogP contribution in [0.2, 0.25) is 0 Å². The molecule has 1 atom stereocenters. The maximum Gasteiger partial charge on any atom is 0.324 e. The SMILES string of the molecule is O=C(O)[C@H](Cc1ccccc1)NOc1ccc(I)cc1. The number of hydrogen-bond acceptors (Lipinski definition) is 3. The van der Waals surface area contributed by atoms with E-state index in [1.807, 2.05) is 42.5 Å². The van der Waals surface area contributed by atoms with Crippen molar-refractivity contribution in [1.29, 1.82) is 0 Å². The monoisotopic (exact) mass is 383 g/mol. The highest BCUT2D eigenvalue weighted by Gasteiger charge is 2.18. The lowest BCUT2D eigenvalue weighted by molar-refractivity contribution is -0.141. The van der Waals surface area contributed by atoms with Crippen molar-refractivity contribution < 1.29 is 14.7 Å². The van der Waals surface area contributed by atoms with E-state index in [-0.39, 0.29) is 0 Å². The molecule has 0 aliphatic carbocycles. The Balaban J connectivity index is 1.96. The first kappa shape index (κ1) is 14.8. The molecular weight excluding hydrogens is 369 g/mol. The summed E-state index contributed by atoms with van der Waals surface area (Å²) in [7, 11) is 0. The van der Waals surface area contributed by atoms with Crippen LogP contribution in [0, 0.1) is 3.57 Å². The number of hydroxylamine groups is 1. The lowest BCUT2D eigenvalue weighted by atomic mass is 10.1. The number of benzene rings is 2. The van der Waals surface area contributed by atoms with Gasteiger partial charge in [-0.1, -0.05) is 30.3 Å². The Labute approximate surface area is 130 Å². The Morgan fingerprint density at radius 2 is 1.80 bits per heavy atom. The molecule has 4 nitrogen and oxygen atoms in total. The van der Waals surface area contributed by atoms with E-state index < -0.39 is 12.0 Å². The highest BCUT2D eigenvalue weighted by molar-refractivity contribution is 14.1. The smallest absolute Gasteiger partial charge is 0.324 e. The molecule has 0 saturated carbocycles. The molecule has 0 unspecified atom stereocenters. The Morgan fingerprint density at radius 3 is 2.40 bits per heavy atom. The average Bonchev–Trinajstić information content (AvgIpc) is 2.46. The maximum atomic E-state index is 11.2. The van der Waals surface area contributed by atoms with Crippen LogP contribution < -0.4 is 10.3 Å². The van der Waals surface area contributed by atoms with Gasteiger partial charge in [0.25, 0.3) is 0 Å². The van der Waals surface area contributed by atoms with Crippen molar-refractivity contribution >= 4 is 28.6 Å². The molecule has 0 spiro atoms. The van der Waals surface area contributed by atoms with Crippen molar-refractivity contribution in [2.75, 3.05) is 0 Å². The van der Waals surface area contributed by atoms with Crippen LogP contribution >= 0.6 is 22.6 Å². The Morgan fingerprint density at radius 1 is 1.15 bits per heavy atom. The van der Waals surface area contributed by atoms with Gasteiger partial charge in [0.2, 0.25) is 0 Å². The minimum Gasteiger partial charge on any atom is -0.480 e. The molecule has 20 heavy (non-hydrogen) atoms. The summed E-state index contributed by atoms with van der Waals surface area (Å²) in [6, 6.07) is 16.0. The van der Waals surface area contributed by atoms with Crippen molar-refractivity contribution in [3.8, 4) is 5.75 Å². The molecule has 0 aliphatic rings. The van der Waals surface area contributed by atoms with E-state index in [1.54, 1.807) is 12.1 Å². The predicted molar refractivity (Wildman–Crippen MR) is 84.5 cm³/mol. The van der Waals surface area contributed by atoms with E-state index in [4.69, 9.17) is 4.84 Å². The summed E-state index contributed by atoms with van der Waals surface area (Å²) in [6.07, 6.45) is 0.362. The van der Waals surface area contributed by atoms with Crippen molar-refractivity contribution in [2.45, 2.75) is 12.5 Å². The number of rotatable bonds is 6. The van der Waals surface area contributed by atoms with Gasteiger partial charge < -0.3 is 9.94 Å². The number of hydrogen-bond donors (Lipinski definition) is 2. The van der Waals surface area contributed by atoms with Crippen LogP contribution in [0.3, 0.4) is 0 Å². The summed E-state index contributed by atoms with van der Waals surface area (Å²) in [4.78, 5) is 16.6. The van der Waals surface area contributed by atoms with Gasteiger partial charge in [0.15, 0.2) is 0 Å². The quantitative estimate of drug-likeness (QED) is 0.595. The summed E-state index contributed by atoms with van der Waals surface area (Å²) in [6.45, 7) is 0. The molecule has 0 heterocycles. The van der Waals surface area contributed by atoms with Crippen LogP contribution in [0.4, 0.5) is 0 Å². The van der Waals surface area contributed by atoms with E-state index in [1.165, 1.54) is 0 Å². The summed E-state index contributed by atoms with van der Waals surface area (Å²) in [5.41, 5.74) is 3.54. The van der Waals surface area contributed by atoms with Gasteiger partial charge in [0.1, 0.15) is 11.8 Å². The molecule has 2 aromatic rings. The van der Waals surface area contributed by atoms with Gasteiger partial charge in [-0.3, -0.25) is 4.79 Å². The van der Waals surface area contributed by atoms with Gasteiger partial charge in [-0.25, -0.2) is 0 Å². The van der Waals surface area contributed by atoms with Crippen LogP contribution in [0.1, 0.15) is 5.56 Å². The molecule has 0 aliphatic heterocycles. The van der Waals surface area contributed by atoms with Crippen LogP contribution in [-0.4, -0.2) is 17.1 Å². The lowest BCUT2D eigenvalue weighted by Crippen LogP contribution is -2.40. The minimum atomic E-state index is -0.945. The maximum absolute atomic E-state index is 11.2. The first-order valence-corrected chi connectivity index (χ1v) is 7.17. The first-order valence-electron chi connectivity index (χ1n) is 6.10. The molecule has 0 amide bonds. The van der Waals surface area contributed by atoms with E-state index in [0.717, 1.165) is 9.13 Å². The largest absolute Gasteiger partial charge is 0.480 e. The summed E-state index contributed by atoms with van der Waals surface area (Å²) < 4.78 is 1.09. The zero-order valence-corrected chi connectivity index (χ0v) is 12.8. The summed E-state index contributed by atoms with van der Waals surface area (Å²) in [5, 5.41) is 9.21. The second kappa shape index (κ2) is 7.25. The number of carboxylic acids is 1. The number of carbonyl (C=O) groups is 1. The summed E-state index contributed by atoms with van der Waals surface area (Å²) >= 11 is 2.19. The number of nitrogens with one attached hydrogen (secondary N) is 1. The van der Waals surface area contributed by atoms with Crippen molar-refractivity contribution in [3.05, 3.63) is 63.7 Å². The van der Waals surface area contributed by atoms with E-state index in [9.17, 15) is 9.90 Å². The molecule has 0 radical (unpaired) electrons. The lowest BCUT2D eigenvalue weighted by Gasteiger charge is -2.15. The molecule has 0 bridgehead atoms. The molecule has 0 fully saturated rings. The summed E-state index contributed by atoms with van der Waals surface area (Å²) in [5.74, 6) is -0.357. The minimum absolute atomic E-state index is 0.362. The topological polar surface area (TPSA) is 58.6 Å². The van der Waals surface area contributed by atoms with Crippen LogP contribution in [0.5, 0.6) is 5.75 Å². The number of aliphatic carboxylic acids is 1. The van der Waals surface area contributed by atoms with Gasteiger partial charge in [0, 0.05) is 9.99 Å². The molecule has 2 aromatic carbocycles. The third-order valence-corrected chi connectivity index (χ3v) is 3.43. The Bertz CT molecular complexity index is 557. The standard InChI is InChI=1S/C15H14INO3/c16-12-6-8-13(9-7-12)20-17-14(15(18)19)10-11-4-2-1-3-5-11/h1-9,14,17H,10H2,(H,18,19)/t14-/m0/s1. The third kappa shape index (κ3) is 4.50. The van der Waals surface area contributed by atoms with Crippen molar-refractivity contribution in [1.82, 2.24) is 5.48 Å². The van der Waals surface area contributed by atoms with Crippen molar-refractivity contribution in [3.63, 3.8) is 0 Å². The molecule has 2 N–H and O–H groups in total. The molecule has 104 valence electrons. The Hall–Kier alpha value is -1.60. The molecule has 5 heteroatoms. The highest BCUT2D eigenvalue weighted by atomic mass is 127. The van der Waals surface area contributed by atoms with Crippen molar-refractivity contribution in [2.24, 2.45) is 0 Å². The normalized spacial score (nSPS) is 11.8. The highest BCUT2D eigenvalue weighted by Crippen LogP contribution is 2.13. The van der Waals surface area contributed by atoms with Gasteiger partial charge in [0.05, 0.1) is 0 Å². The predicted octanol–water partition coefficient (Wildman–Crippen LogP) is 2.87. The third-order valence-electron chi connectivity index (χ3n) is 2.71. The van der Waals surface area contributed by atoms with Gasteiger partial charge >= 0.3 is 5.97 Å². The van der Waals surface area contributed by atoms with Crippen LogP contribution in [-0.2, 0) is 11.2 Å². The fourth-order valence-corrected chi connectivity index (χ4v) is 2.03. The molecule has 2 rings (SSSR count). The number of carboxylic acid groups (broad SMARTS) is 1. The fraction of sp³-hybridized carbons (Fsp3) is 0.133. The zero-order chi connectivity index (χ0) is 14.4. The average molecular weight is 383 g/mol. The van der Waals surface area contributed by atoms with Gasteiger partial charge in [-0.05, 0) is 52.4 Å². The Kier molecular flexibility index (Phi) is 5.37. The molecule has 0 saturated heterocycles. The van der Waals surface area contributed by atoms with Crippen LogP contribution in [0.25, 0.3) is 0 Å². The molecule has 0 aromatic heterocycles.